The lowest BCUT2D eigenvalue weighted by atomic mass is 10.2. The Hall–Kier alpha value is -3.29. The van der Waals surface area contributed by atoms with Gasteiger partial charge >= 0.3 is 0 Å². The Balaban J connectivity index is 1.61. The van der Waals surface area contributed by atoms with Crippen LogP contribution in [-0.2, 0) is 16.6 Å². The highest BCUT2D eigenvalue weighted by atomic mass is 32.2. The SMILES string of the molecule is CN(Cc1ccccc1)S(=O)(=O)c1cccc(-c2nc(-c3ccccc3)no2)c1. The number of rotatable bonds is 6. The standard InChI is InChI=1S/C22H19N3O3S/c1-25(16-17-9-4-2-5-10-17)29(26,27)20-14-8-13-19(15-20)22-23-21(24-28-22)18-11-6-3-7-12-18/h2-15H,16H2,1H3. The average Bonchev–Trinajstić information content (AvgIpc) is 3.25. The number of nitrogens with zero attached hydrogens (tertiary/aromatic N) is 3. The zero-order chi connectivity index (χ0) is 20.3. The van der Waals surface area contributed by atoms with Crippen molar-refractivity contribution in [1.82, 2.24) is 14.4 Å². The summed E-state index contributed by atoms with van der Waals surface area (Å²) in [6.07, 6.45) is 0. The first-order chi connectivity index (χ1) is 14.0. The maximum absolute atomic E-state index is 13.0. The van der Waals surface area contributed by atoms with Crippen LogP contribution in [0, 0.1) is 0 Å². The fourth-order valence-electron chi connectivity index (χ4n) is 2.94. The zero-order valence-corrected chi connectivity index (χ0v) is 16.6. The largest absolute Gasteiger partial charge is 0.334 e. The van der Waals surface area contributed by atoms with Gasteiger partial charge < -0.3 is 4.52 Å². The van der Waals surface area contributed by atoms with Gasteiger partial charge in [0, 0.05) is 24.7 Å². The van der Waals surface area contributed by atoms with Crippen molar-refractivity contribution in [2.24, 2.45) is 0 Å². The van der Waals surface area contributed by atoms with Crippen LogP contribution in [0.3, 0.4) is 0 Å². The van der Waals surface area contributed by atoms with E-state index in [4.69, 9.17) is 4.52 Å². The Kier molecular flexibility index (Phi) is 5.24. The molecular formula is C22H19N3O3S. The molecule has 1 aromatic heterocycles. The number of hydrogen-bond donors (Lipinski definition) is 0. The molecule has 4 rings (SSSR count). The second-order valence-corrected chi connectivity index (χ2v) is 8.61. The van der Waals surface area contributed by atoms with E-state index in [9.17, 15) is 8.42 Å². The highest BCUT2D eigenvalue weighted by Gasteiger charge is 2.22. The van der Waals surface area contributed by atoms with E-state index in [1.807, 2.05) is 60.7 Å². The molecule has 0 bridgehead atoms. The van der Waals surface area contributed by atoms with E-state index in [-0.39, 0.29) is 17.3 Å². The van der Waals surface area contributed by atoms with Crippen molar-refractivity contribution in [3.63, 3.8) is 0 Å². The Bertz CT molecular complexity index is 1210. The van der Waals surface area contributed by atoms with Crippen LogP contribution in [-0.4, -0.2) is 29.9 Å². The van der Waals surface area contributed by atoms with Crippen molar-refractivity contribution in [3.8, 4) is 22.8 Å². The minimum absolute atomic E-state index is 0.174. The molecule has 0 saturated heterocycles. The van der Waals surface area contributed by atoms with Crippen LogP contribution in [0.4, 0.5) is 0 Å². The molecule has 4 aromatic rings. The third kappa shape index (κ3) is 4.11. The summed E-state index contributed by atoms with van der Waals surface area (Å²) < 4.78 is 32.7. The van der Waals surface area contributed by atoms with Gasteiger partial charge in [-0.15, -0.1) is 0 Å². The Morgan fingerprint density at radius 2 is 1.52 bits per heavy atom. The first kappa shape index (κ1) is 19.0. The molecule has 7 heteroatoms. The smallest absolute Gasteiger partial charge is 0.258 e. The van der Waals surface area contributed by atoms with Crippen LogP contribution in [0.5, 0.6) is 0 Å². The minimum Gasteiger partial charge on any atom is -0.334 e. The van der Waals surface area contributed by atoms with Crippen LogP contribution < -0.4 is 0 Å². The molecule has 0 spiro atoms. The van der Waals surface area contributed by atoms with Crippen molar-refractivity contribution >= 4 is 10.0 Å². The van der Waals surface area contributed by atoms with Gasteiger partial charge in [0.25, 0.3) is 5.89 Å². The van der Waals surface area contributed by atoms with Crippen molar-refractivity contribution in [2.75, 3.05) is 7.05 Å². The highest BCUT2D eigenvalue weighted by Crippen LogP contribution is 2.25. The Morgan fingerprint density at radius 3 is 2.24 bits per heavy atom. The highest BCUT2D eigenvalue weighted by molar-refractivity contribution is 7.89. The van der Waals surface area contributed by atoms with Crippen molar-refractivity contribution in [1.29, 1.82) is 0 Å². The van der Waals surface area contributed by atoms with E-state index >= 15 is 0 Å². The van der Waals surface area contributed by atoms with Crippen LogP contribution >= 0.6 is 0 Å². The molecule has 0 aliphatic heterocycles. The van der Waals surface area contributed by atoms with Gasteiger partial charge in [0.1, 0.15) is 0 Å². The van der Waals surface area contributed by atoms with Crippen molar-refractivity contribution in [3.05, 3.63) is 90.5 Å². The first-order valence-electron chi connectivity index (χ1n) is 9.04. The lowest BCUT2D eigenvalue weighted by Crippen LogP contribution is -2.26. The molecule has 6 nitrogen and oxygen atoms in total. The predicted molar refractivity (Wildman–Crippen MR) is 110 cm³/mol. The molecule has 0 amide bonds. The molecule has 0 saturated carbocycles. The quantitative estimate of drug-likeness (QED) is 0.480. The number of sulfonamides is 1. The van der Waals surface area contributed by atoms with Crippen LogP contribution in [0.2, 0.25) is 0 Å². The summed E-state index contributed by atoms with van der Waals surface area (Å²) in [6, 6.07) is 25.5. The maximum Gasteiger partial charge on any atom is 0.258 e. The molecule has 0 aliphatic rings. The number of aromatic nitrogens is 2. The Labute approximate surface area is 169 Å². The fraction of sp³-hybridized carbons (Fsp3) is 0.0909. The summed E-state index contributed by atoms with van der Waals surface area (Å²) in [7, 11) is -2.10. The fourth-order valence-corrected chi connectivity index (χ4v) is 4.15. The van der Waals surface area contributed by atoms with Gasteiger partial charge in [0.15, 0.2) is 0 Å². The molecule has 0 aliphatic carbocycles. The van der Waals surface area contributed by atoms with Gasteiger partial charge in [-0.05, 0) is 23.8 Å². The third-order valence-electron chi connectivity index (χ3n) is 4.50. The lowest BCUT2D eigenvalue weighted by molar-refractivity contribution is 0.432. The van der Waals surface area contributed by atoms with Crippen LogP contribution in [0.15, 0.2) is 94.3 Å². The second-order valence-electron chi connectivity index (χ2n) is 6.56. The zero-order valence-electron chi connectivity index (χ0n) is 15.8. The normalized spacial score (nSPS) is 11.7. The summed E-state index contributed by atoms with van der Waals surface area (Å²) in [5.41, 5.74) is 2.29. The van der Waals surface area contributed by atoms with E-state index in [2.05, 4.69) is 10.1 Å². The van der Waals surface area contributed by atoms with E-state index in [0.29, 0.717) is 11.4 Å². The van der Waals surface area contributed by atoms with E-state index < -0.39 is 10.0 Å². The summed E-state index contributed by atoms with van der Waals surface area (Å²) >= 11 is 0. The molecule has 0 radical (unpaired) electrons. The molecule has 0 atom stereocenters. The minimum atomic E-state index is -3.67. The van der Waals surface area contributed by atoms with Crippen LogP contribution in [0.25, 0.3) is 22.8 Å². The predicted octanol–water partition coefficient (Wildman–Crippen LogP) is 4.22. The van der Waals surface area contributed by atoms with Crippen molar-refractivity contribution in [2.45, 2.75) is 11.4 Å². The maximum atomic E-state index is 13.0. The lowest BCUT2D eigenvalue weighted by Gasteiger charge is -2.17. The van der Waals surface area contributed by atoms with E-state index in [1.54, 1.807) is 31.3 Å². The van der Waals surface area contributed by atoms with Gasteiger partial charge in [-0.2, -0.15) is 9.29 Å². The third-order valence-corrected chi connectivity index (χ3v) is 6.29. The summed E-state index contributed by atoms with van der Waals surface area (Å²) in [6.45, 7) is 0.284. The molecular weight excluding hydrogens is 386 g/mol. The van der Waals surface area contributed by atoms with Gasteiger partial charge in [0.05, 0.1) is 4.90 Å². The summed E-state index contributed by atoms with van der Waals surface area (Å²) in [5, 5.41) is 4.00. The summed E-state index contributed by atoms with van der Waals surface area (Å²) in [5.74, 6) is 0.724. The van der Waals surface area contributed by atoms with Gasteiger partial charge in [-0.3, -0.25) is 0 Å². The average molecular weight is 405 g/mol. The number of benzene rings is 3. The molecule has 0 fully saturated rings. The van der Waals surface area contributed by atoms with E-state index in [1.165, 1.54) is 4.31 Å². The van der Waals surface area contributed by atoms with Gasteiger partial charge in [0.2, 0.25) is 15.8 Å². The number of hydrogen-bond acceptors (Lipinski definition) is 5. The van der Waals surface area contributed by atoms with Gasteiger partial charge in [-0.25, -0.2) is 8.42 Å². The van der Waals surface area contributed by atoms with Crippen LogP contribution in [0.1, 0.15) is 5.56 Å². The Morgan fingerprint density at radius 1 is 0.862 bits per heavy atom. The molecule has 146 valence electrons. The van der Waals surface area contributed by atoms with E-state index in [0.717, 1.165) is 11.1 Å². The van der Waals surface area contributed by atoms with Gasteiger partial charge in [-0.1, -0.05) is 71.9 Å². The molecule has 1 heterocycles. The second kappa shape index (κ2) is 7.98. The van der Waals surface area contributed by atoms with Crippen molar-refractivity contribution < 1.29 is 12.9 Å². The topological polar surface area (TPSA) is 76.3 Å². The molecule has 29 heavy (non-hydrogen) atoms. The monoisotopic (exact) mass is 405 g/mol. The first-order valence-corrected chi connectivity index (χ1v) is 10.5. The molecule has 0 unspecified atom stereocenters. The molecule has 0 N–H and O–H groups in total. The molecule has 3 aromatic carbocycles. The summed E-state index contributed by atoms with van der Waals surface area (Å²) in [4.78, 5) is 4.57.